The lowest BCUT2D eigenvalue weighted by Gasteiger charge is -2.41. The molecule has 2 aromatic rings. The fourth-order valence-corrected chi connectivity index (χ4v) is 6.51. The second-order valence-electron chi connectivity index (χ2n) is 11.1. The summed E-state index contributed by atoms with van der Waals surface area (Å²) < 4.78 is 6.10. The van der Waals surface area contributed by atoms with E-state index in [1.165, 1.54) is 51.4 Å². The van der Waals surface area contributed by atoms with Crippen LogP contribution in [0, 0.1) is 5.92 Å². The van der Waals surface area contributed by atoms with E-state index in [0.29, 0.717) is 30.9 Å². The van der Waals surface area contributed by atoms with Gasteiger partial charge in [0.15, 0.2) is 5.96 Å². The zero-order valence-corrected chi connectivity index (χ0v) is 24.4. The number of aliphatic imine (C=N–C) groups is 1. The SMILES string of the molecule is Br.CN(C(=O)CC[C@@H](C1CCCCC1)N1Cc2cc(Oc3ccccc3)ccc2N=C1N)C1CCCCC1. The van der Waals surface area contributed by atoms with Crippen molar-refractivity contribution in [3.63, 3.8) is 0 Å². The van der Waals surface area contributed by atoms with Gasteiger partial charge in [-0.3, -0.25) is 4.79 Å². The Kier molecular flexibility index (Phi) is 10.1. The number of guanidine groups is 1. The van der Waals surface area contributed by atoms with Gasteiger partial charge in [-0.2, -0.15) is 0 Å². The van der Waals surface area contributed by atoms with E-state index in [4.69, 9.17) is 15.5 Å². The van der Waals surface area contributed by atoms with Crippen molar-refractivity contribution in [3.8, 4) is 11.5 Å². The maximum absolute atomic E-state index is 13.2. The van der Waals surface area contributed by atoms with Crippen LogP contribution in [-0.2, 0) is 11.3 Å². The van der Waals surface area contributed by atoms with Crippen molar-refractivity contribution in [1.82, 2.24) is 9.80 Å². The molecule has 3 aliphatic rings. The number of halogens is 1. The summed E-state index contributed by atoms with van der Waals surface area (Å²) in [5.41, 5.74) is 8.62. The molecule has 2 N–H and O–H groups in total. The third-order valence-electron chi connectivity index (χ3n) is 8.66. The van der Waals surface area contributed by atoms with Gasteiger partial charge < -0.3 is 20.3 Å². The summed E-state index contributed by atoms with van der Waals surface area (Å²) in [6.45, 7) is 0.699. The normalized spacial score (nSPS) is 19.1. The number of hydrogen-bond donors (Lipinski definition) is 1. The Labute approximate surface area is 238 Å². The first-order chi connectivity index (χ1) is 18.1. The quantitative estimate of drug-likeness (QED) is 0.353. The minimum absolute atomic E-state index is 0. The van der Waals surface area contributed by atoms with E-state index < -0.39 is 0 Å². The van der Waals surface area contributed by atoms with Gasteiger partial charge in [0.05, 0.1) is 5.69 Å². The summed E-state index contributed by atoms with van der Waals surface area (Å²) in [7, 11) is 2.01. The highest BCUT2D eigenvalue weighted by Gasteiger charge is 2.33. The number of benzene rings is 2. The monoisotopic (exact) mass is 582 g/mol. The molecule has 0 spiro atoms. The average Bonchev–Trinajstić information content (AvgIpc) is 2.94. The number of nitrogens with zero attached hydrogens (tertiary/aromatic N) is 3. The molecule has 0 bridgehead atoms. The molecule has 0 saturated heterocycles. The number of nitrogens with two attached hydrogens (primary N) is 1. The summed E-state index contributed by atoms with van der Waals surface area (Å²) >= 11 is 0. The Balaban J connectivity index is 0.00000336. The average molecular weight is 584 g/mol. The van der Waals surface area contributed by atoms with Crippen molar-refractivity contribution < 1.29 is 9.53 Å². The maximum atomic E-state index is 13.2. The zero-order chi connectivity index (χ0) is 25.6. The maximum Gasteiger partial charge on any atom is 0.222 e. The number of rotatable bonds is 8. The minimum Gasteiger partial charge on any atom is -0.457 e. The smallest absolute Gasteiger partial charge is 0.222 e. The van der Waals surface area contributed by atoms with Crippen LogP contribution in [0.1, 0.15) is 82.6 Å². The summed E-state index contributed by atoms with van der Waals surface area (Å²) in [6.07, 6.45) is 13.7. The molecule has 1 heterocycles. The van der Waals surface area contributed by atoms with E-state index in [1.807, 2.05) is 54.4 Å². The number of ether oxygens (including phenoxy) is 1. The predicted octanol–water partition coefficient (Wildman–Crippen LogP) is 7.34. The molecule has 0 radical (unpaired) electrons. The predicted molar refractivity (Wildman–Crippen MR) is 159 cm³/mol. The first-order valence-electron chi connectivity index (χ1n) is 14.3. The largest absolute Gasteiger partial charge is 0.457 e. The number of fused-ring (bicyclic) bond motifs is 1. The van der Waals surface area contributed by atoms with E-state index in [-0.39, 0.29) is 28.9 Å². The molecule has 5 rings (SSSR count). The third-order valence-corrected chi connectivity index (χ3v) is 8.66. The van der Waals surface area contributed by atoms with Crippen LogP contribution >= 0.6 is 17.0 Å². The number of carbonyl (C=O) groups is 1. The van der Waals surface area contributed by atoms with Gasteiger partial charge in [-0.05, 0) is 68.4 Å². The van der Waals surface area contributed by atoms with Gasteiger partial charge in [-0.25, -0.2) is 4.99 Å². The van der Waals surface area contributed by atoms with Gasteiger partial charge in [0, 0.05) is 37.7 Å². The molecular formula is C31H43BrN4O2. The lowest BCUT2D eigenvalue weighted by atomic mass is 9.81. The van der Waals surface area contributed by atoms with E-state index in [2.05, 4.69) is 11.0 Å². The van der Waals surface area contributed by atoms with E-state index in [0.717, 1.165) is 42.0 Å². The van der Waals surface area contributed by atoms with Crippen LogP contribution in [0.2, 0.25) is 0 Å². The van der Waals surface area contributed by atoms with Crippen LogP contribution in [-0.4, -0.2) is 40.8 Å². The van der Waals surface area contributed by atoms with Crippen molar-refractivity contribution >= 4 is 34.5 Å². The number of para-hydroxylation sites is 1. The van der Waals surface area contributed by atoms with Crippen LogP contribution in [0.15, 0.2) is 53.5 Å². The van der Waals surface area contributed by atoms with Crippen molar-refractivity contribution in [2.75, 3.05) is 7.05 Å². The molecule has 2 aliphatic carbocycles. The fraction of sp³-hybridized carbons (Fsp3) is 0.548. The molecule has 7 heteroatoms. The first kappa shape index (κ1) is 28.5. The Bertz CT molecular complexity index is 1080. The van der Waals surface area contributed by atoms with E-state index >= 15 is 0 Å². The highest BCUT2D eigenvalue weighted by atomic mass is 79.9. The Morgan fingerprint density at radius 1 is 1.00 bits per heavy atom. The van der Waals surface area contributed by atoms with E-state index in [1.54, 1.807) is 0 Å². The lowest BCUT2D eigenvalue weighted by Crippen LogP contribution is -2.49. The van der Waals surface area contributed by atoms with Gasteiger partial charge >= 0.3 is 0 Å². The van der Waals surface area contributed by atoms with Crippen LogP contribution in [0.5, 0.6) is 11.5 Å². The second-order valence-corrected chi connectivity index (χ2v) is 11.1. The topological polar surface area (TPSA) is 71.2 Å². The van der Waals surface area contributed by atoms with Crippen molar-refractivity contribution in [3.05, 3.63) is 54.1 Å². The van der Waals surface area contributed by atoms with Gasteiger partial charge in [0.2, 0.25) is 5.91 Å². The highest BCUT2D eigenvalue weighted by Crippen LogP contribution is 2.37. The zero-order valence-electron chi connectivity index (χ0n) is 22.7. The van der Waals surface area contributed by atoms with Crippen molar-refractivity contribution in [2.45, 2.75) is 95.7 Å². The summed E-state index contributed by atoms with van der Waals surface area (Å²) in [5, 5.41) is 0. The summed E-state index contributed by atoms with van der Waals surface area (Å²) in [4.78, 5) is 22.3. The summed E-state index contributed by atoms with van der Waals surface area (Å²) in [6, 6.07) is 16.5. The van der Waals surface area contributed by atoms with Crippen LogP contribution in [0.25, 0.3) is 0 Å². The molecule has 2 saturated carbocycles. The Morgan fingerprint density at radius 3 is 2.39 bits per heavy atom. The van der Waals surface area contributed by atoms with E-state index in [9.17, 15) is 4.79 Å². The molecule has 2 aromatic carbocycles. The molecule has 6 nitrogen and oxygen atoms in total. The molecule has 0 unspecified atom stereocenters. The molecule has 1 amide bonds. The molecule has 38 heavy (non-hydrogen) atoms. The molecular weight excluding hydrogens is 540 g/mol. The Morgan fingerprint density at radius 2 is 1.68 bits per heavy atom. The fourth-order valence-electron chi connectivity index (χ4n) is 6.51. The van der Waals surface area contributed by atoms with Crippen molar-refractivity contribution in [2.24, 2.45) is 16.6 Å². The highest BCUT2D eigenvalue weighted by molar-refractivity contribution is 8.93. The van der Waals surface area contributed by atoms with Crippen LogP contribution < -0.4 is 10.5 Å². The molecule has 206 valence electrons. The van der Waals surface area contributed by atoms with Crippen LogP contribution in [0.4, 0.5) is 5.69 Å². The van der Waals surface area contributed by atoms with Gasteiger partial charge in [-0.1, -0.05) is 56.7 Å². The second kappa shape index (κ2) is 13.5. The number of hydrogen-bond acceptors (Lipinski definition) is 5. The number of amides is 1. The molecule has 2 fully saturated rings. The molecule has 1 atom stereocenters. The molecule has 1 aliphatic heterocycles. The van der Waals surface area contributed by atoms with Gasteiger partial charge in [0.1, 0.15) is 11.5 Å². The standard InChI is InChI=1S/C31H42N4O2.BrH/c1-34(25-13-7-3-8-14-25)30(36)20-19-29(23-11-5-2-6-12-23)35-22-24-21-27(17-18-28(24)33-31(35)32)37-26-15-9-4-10-16-26;/h4,9-10,15-18,21,23,25,29H,2-3,5-8,11-14,19-20,22H2,1H3,(H2,32,33);1H/t29-;/m0./s1. The summed E-state index contributed by atoms with van der Waals surface area (Å²) in [5.74, 6) is 3.02. The third kappa shape index (κ3) is 6.90. The molecule has 0 aromatic heterocycles. The Hall–Kier alpha value is -2.54. The van der Waals surface area contributed by atoms with Gasteiger partial charge in [-0.15, -0.1) is 17.0 Å². The van der Waals surface area contributed by atoms with Crippen molar-refractivity contribution in [1.29, 1.82) is 0 Å². The number of carbonyl (C=O) groups excluding carboxylic acids is 1. The lowest BCUT2D eigenvalue weighted by molar-refractivity contribution is -0.133. The van der Waals surface area contributed by atoms with Crippen LogP contribution in [0.3, 0.4) is 0 Å². The van der Waals surface area contributed by atoms with Gasteiger partial charge in [0.25, 0.3) is 0 Å². The minimum atomic E-state index is 0. The first-order valence-corrected chi connectivity index (χ1v) is 14.3.